The first-order valence-electron chi connectivity index (χ1n) is 7.20. The Morgan fingerprint density at radius 3 is 2.38 bits per heavy atom. The molecule has 0 N–H and O–H groups in total. The van der Waals surface area contributed by atoms with E-state index in [4.69, 9.17) is 21.1 Å². The quantitative estimate of drug-likeness (QED) is 0.548. The molecular formula is C18H15ClO3S2. The molecule has 0 aliphatic carbocycles. The number of ether oxygens (including phenoxy) is 2. The number of thiophene rings is 2. The first-order valence-corrected chi connectivity index (χ1v) is 9.21. The molecule has 2 aromatic heterocycles. The van der Waals surface area contributed by atoms with E-state index in [-0.39, 0.29) is 12.4 Å². The van der Waals surface area contributed by atoms with Crippen LogP contribution in [-0.4, -0.2) is 20.2 Å². The predicted octanol–water partition coefficient (Wildman–Crippen LogP) is 5.52. The molecule has 1 aromatic carbocycles. The molecule has 0 saturated heterocycles. The van der Waals surface area contributed by atoms with Crippen LogP contribution in [0, 0.1) is 0 Å². The number of hydrogen-bond acceptors (Lipinski definition) is 5. The highest BCUT2D eigenvalue weighted by atomic mass is 35.5. The van der Waals surface area contributed by atoms with Gasteiger partial charge in [0.1, 0.15) is 5.75 Å². The van der Waals surface area contributed by atoms with Crippen LogP contribution < -0.4 is 4.74 Å². The van der Waals surface area contributed by atoms with E-state index in [1.165, 1.54) is 18.4 Å². The van der Waals surface area contributed by atoms with Gasteiger partial charge in [0.2, 0.25) is 0 Å². The zero-order chi connectivity index (χ0) is 17.1. The minimum Gasteiger partial charge on any atom is -0.497 e. The maximum Gasteiger partial charge on any atom is 0.310 e. The first kappa shape index (κ1) is 17.0. The Bertz CT molecular complexity index is 850. The number of methoxy groups -OCH3 is 2. The van der Waals surface area contributed by atoms with Crippen molar-refractivity contribution in [3.8, 4) is 25.9 Å². The van der Waals surface area contributed by atoms with E-state index in [0.29, 0.717) is 0 Å². The largest absolute Gasteiger partial charge is 0.497 e. The van der Waals surface area contributed by atoms with Crippen molar-refractivity contribution in [2.24, 2.45) is 0 Å². The summed E-state index contributed by atoms with van der Waals surface area (Å²) in [5.41, 5.74) is 2.04. The van der Waals surface area contributed by atoms with Crippen LogP contribution in [0.2, 0.25) is 4.34 Å². The molecule has 0 fully saturated rings. The number of halogens is 1. The fourth-order valence-corrected chi connectivity index (χ4v) is 4.70. The number of rotatable bonds is 5. The third kappa shape index (κ3) is 3.64. The van der Waals surface area contributed by atoms with Crippen molar-refractivity contribution in [1.29, 1.82) is 0 Å². The molecule has 3 nitrogen and oxygen atoms in total. The number of hydrogen-bond donors (Lipinski definition) is 0. The summed E-state index contributed by atoms with van der Waals surface area (Å²) in [6.07, 6.45) is 0.244. The topological polar surface area (TPSA) is 35.5 Å². The minimum atomic E-state index is -0.252. The van der Waals surface area contributed by atoms with E-state index in [1.807, 2.05) is 42.5 Å². The minimum absolute atomic E-state index is 0.244. The molecule has 0 unspecified atom stereocenters. The summed E-state index contributed by atoms with van der Waals surface area (Å²) in [6.45, 7) is 0. The monoisotopic (exact) mass is 378 g/mol. The average molecular weight is 379 g/mol. The first-order chi connectivity index (χ1) is 11.6. The van der Waals surface area contributed by atoms with Gasteiger partial charge in [-0.05, 0) is 53.6 Å². The van der Waals surface area contributed by atoms with Gasteiger partial charge in [-0.2, -0.15) is 0 Å². The third-order valence-corrected chi connectivity index (χ3v) is 6.18. The lowest BCUT2D eigenvalue weighted by Gasteiger charge is -2.00. The van der Waals surface area contributed by atoms with Crippen LogP contribution in [-0.2, 0) is 16.0 Å². The van der Waals surface area contributed by atoms with Crippen molar-refractivity contribution in [2.75, 3.05) is 14.2 Å². The lowest BCUT2D eigenvalue weighted by Crippen LogP contribution is -2.04. The Balaban J connectivity index is 2.02. The van der Waals surface area contributed by atoms with Gasteiger partial charge in [0.05, 0.1) is 25.0 Å². The van der Waals surface area contributed by atoms with Crippen LogP contribution in [0.15, 0.2) is 42.5 Å². The van der Waals surface area contributed by atoms with Crippen molar-refractivity contribution < 1.29 is 14.3 Å². The SMILES string of the molecule is COC(=O)Cc1cc(-c2ccc(OC)cc2)sc1-c1ccc(Cl)s1. The van der Waals surface area contributed by atoms with E-state index in [1.54, 1.807) is 18.4 Å². The maximum absolute atomic E-state index is 11.7. The van der Waals surface area contributed by atoms with Crippen LogP contribution in [0.5, 0.6) is 5.75 Å². The molecule has 0 saturated carbocycles. The Kier molecular flexibility index (Phi) is 5.23. The van der Waals surface area contributed by atoms with Crippen molar-refractivity contribution in [3.63, 3.8) is 0 Å². The predicted molar refractivity (Wildman–Crippen MR) is 100 cm³/mol. The Morgan fingerprint density at radius 1 is 1.04 bits per heavy atom. The van der Waals surface area contributed by atoms with Crippen molar-refractivity contribution in [1.82, 2.24) is 0 Å². The Labute approximate surface area is 153 Å². The molecule has 0 amide bonds. The summed E-state index contributed by atoms with van der Waals surface area (Å²) < 4.78 is 10.8. The van der Waals surface area contributed by atoms with E-state index < -0.39 is 0 Å². The fraction of sp³-hybridized carbons (Fsp3) is 0.167. The van der Waals surface area contributed by atoms with Gasteiger partial charge in [-0.1, -0.05) is 11.6 Å². The molecule has 0 aliphatic rings. The Hall–Kier alpha value is -1.82. The molecular weight excluding hydrogens is 364 g/mol. The highest BCUT2D eigenvalue weighted by molar-refractivity contribution is 7.25. The van der Waals surface area contributed by atoms with Crippen LogP contribution in [0.1, 0.15) is 5.56 Å². The normalized spacial score (nSPS) is 10.6. The second kappa shape index (κ2) is 7.38. The maximum atomic E-state index is 11.7. The summed E-state index contributed by atoms with van der Waals surface area (Å²) in [7, 11) is 3.05. The zero-order valence-corrected chi connectivity index (χ0v) is 15.6. The summed E-state index contributed by atoms with van der Waals surface area (Å²) in [5.74, 6) is 0.563. The van der Waals surface area contributed by atoms with Crippen LogP contribution in [0.25, 0.3) is 20.2 Å². The molecule has 0 aliphatic heterocycles. The summed E-state index contributed by atoms with van der Waals surface area (Å²) >= 11 is 9.23. The van der Waals surface area contributed by atoms with Crippen LogP contribution in [0.3, 0.4) is 0 Å². The molecule has 3 aromatic rings. The molecule has 6 heteroatoms. The van der Waals surface area contributed by atoms with Gasteiger partial charge < -0.3 is 9.47 Å². The van der Waals surface area contributed by atoms with Crippen molar-refractivity contribution in [3.05, 3.63) is 52.4 Å². The van der Waals surface area contributed by atoms with Gasteiger partial charge in [0, 0.05) is 14.6 Å². The van der Waals surface area contributed by atoms with Crippen LogP contribution in [0.4, 0.5) is 0 Å². The van der Waals surface area contributed by atoms with Gasteiger partial charge in [0.15, 0.2) is 0 Å². The van der Waals surface area contributed by atoms with Gasteiger partial charge >= 0.3 is 5.97 Å². The number of carbonyl (C=O) groups is 1. The molecule has 0 radical (unpaired) electrons. The fourth-order valence-electron chi connectivity index (χ4n) is 2.33. The highest BCUT2D eigenvalue weighted by Crippen LogP contribution is 2.42. The van der Waals surface area contributed by atoms with Gasteiger partial charge in [0.25, 0.3) is 0 Å². The molecule has 0 bridgehead atoms. The van der Waals surface area contributed by atoms with Gasteiger partial charge in [-0.15, -0.1) is 22.7 Å². The third-order valence-electron chi connectivity index (χ3n) is 3.54. The molecule has 0 spiro atoms. The second-order valence-corrected chi connectivity index (χ2v) is 7.82. The van der Waals surface area contributed by atoms with E-state index >= 15 is 0 Å². The van der Waals surface area contributed by atoms with Gasteiger partial charge in [-0.25, -0.2) is 0 Å². The lowest BCUT2D eigenvalue weighted by atomic mass is 10.1. The van der Waals surface area contributed by atoms with Gasteiger partial charge in [-0.3, -0.25) is 4.79 Å². The van der Waals surface area contributed by atoms with E-state index in [0.717, 1.165) is 35.8 Å². The molecule has 0 atom stereocenters. The standard InChI is InChI=1S/C18H15ClO3S2/c1-21-13-5-3-11(4-6-13)15-9-12(10-17(20)22-2)18(24-15)14-7-8-16(19)23-14/h3-9H,10H2,1-2H3. The number of carbonyl (C=O) groups excluding carboxylic acids is 1. The van der Waals surface area contributed by atoms with E-state index in [2.05, 4.69) is 0 Å². The number of benzene rings is 1. The van der Waals surface area contributed by atoms with Crippen molar-refractivity contribution >= 4 is 40.2 Å². The van der Waals surface area contributed by atoms with Crippen LogP contribution >= 0.6 is 34.3 Å². The van der Waals surface area contributed by atoms with E-state index in [9.17, 15) is 4.79 Å². The summed E-state index contributed by atoms with van der Waals surface area (Å²) in [4.78, 5) is 15.0. The molecule has 3 rings (SSSR count). The molecule has 124 valence electrons. The number of esters is 1. The second-order valence-electron chi connectivity index (χ2n) is 5.05. The Morgan fingerprint density at radius 2 is 1.79 bits per heavy atom. The summed E-state index contributed by atoms with van der Waals surface area (Å²) in [6, 6.07) is 13.8. The smallest absolute Gasteiger partial charge is 0.310 e. The zero-order valence-electron chi connectivity index (χ0n) is 13.2. The summed E-state index contributed by atoms with van der Waals surface area (Å²) in [5, 5.41) is 0. The average Bonchev–Trinajstić information content (AvgIpc) is 3.21. The molecule has 24 heavy (non-hydrogen) atoms. The lowest BCUT2D eigenvalue weighted by molar-refractivity contribution is -0.139. The molecule has 2 heterocycles. The highest BCUT2D eigenvalue weighted by Gasteiger charge is 2.17. The van der Waals surface area contributed by atoms with Crippen molar-refractivity contribution in [2.45, 2.75) is 6.42 Å².